The number of carbonyl (C=O) groups excluding carboxylic acids is 2. The summed E-state index contributed by atoms with van der Waals surface area (Å²) in [5.41, 5.74) is 4.37. The van der Waals surface area contributed by atoms with Crippen LogP contribution in [0.25, 0.3) is 22.0 Å². The number of piperidine rings is 3. The molecule has 3 aliphatic rings. The highest BCUT2D eigenvalue weighted by Gasteiger charge is 2.42. The quantitative estimate of drug-likeness (QED) is 0.0729. The van der Waals surface area contributed by atoms with Crippen LogP contribution in [0.4, 0.5) is 10.5 Å². The van der Waals surface area contributed by atoms with Crippen molar-refractivity contribution in [3.8, 4) is 28.4 Å². The molecule has 310 valence electrons. The van der Waals surface area contributed by atoms with Gasteiger partial charge < -0.3 is 44.5 Å². The molecule has 1 aromatic heterocycles. The number of halogens is 1. The van der Waals surface area contributed by atoms with Gasteiger partial charge in [0.15, 0.2) is 6.61 Å². The number of rotatable bonds is 16. The number of likely N-dealkylation sites (N-methyl/N-ethyl adjacent to an activating group) is 1. The smallest absolute Gasteiger partial charge is 0.412 e. The molecular formula is C45H50ClN5O8. The van der Waals surface area contributed by atoms with E-state index in [0.717, 1.165) is 55.6 Å². The van der Waals surface area contributed by atoms with Crippen LogP contribution in [-0.4, -0.2) is 96.1 Å². The number of aliphatic hydroxyl groups is 1. The number of H-pyrrole nitrogens is 1. The summed E-state index contributed by atoms with van der Waals surface area (Å²) in [6.07, 6.45) is 2.56. The Labute approximate surface area is 347 Å². The highest BCUT2D eigenvalue weighted by molar-refractivity contribution is 6.32. The van der Waals surface area contributed by atoms with E-state index in [0.29, 0.717) is 64.7 Å². The van der Waals surface area contributed by atoms with Gasteiger partial charge in [-0.1, -0.05) is 60.1 Å². The standard InChI is InChI=1S/C45H50ClN5O8/c1-50(19-6-7-29-10-11-32(30-8-4-3-5-9-30)36(23-29)48-44(56)59-45-16-20-51(21-17-45)22-18-45)42(55)28-58-40-25-39(57-2)31(24-35(40)46)26-47-27-38(53)33-12-14-37(52)43-34(33)13-15-41(54)49-43/h3-5,8-15,23-25,38,47,52-53H,6-7,16-22,26-28H2,1-2H3,(H,48,56)(H,49,54)/t38-/m0/s1. The molecule has 5 aromatic rings. The zero-order chi connectivity index (χ0) is 41.5. The number of aliphatic hydroxyl groups excluding tert-OH is 1. The average molecular weight is 824 g/mol. The fourth-order valence-corrected chi connectivity index (χ4v) is 8.15. The van der Waals surface area contributed by atoms with E-state index >= 15 is 0 Å². The van der Waals surface area contributed by atoms with Gasteiger partial charge in [0.05, 0.1) is 29.4 Å². The lowest BCUT2D eigenvalue weighted by Gasteiger charge is -2.47. The zero-order valence-electron chi connectivity index (χ0n) is 33.3. The molecule has 3 aliphatic heterocycles. The van der Waals surface area contributed by atoms with Crippen molar-refractivity contribution in [2.45, 2.75) is 50.4 Å². The number of aryl methyl sites for hydroxylation is 1. The molecule has 1 atom stereocenters. The molecular weight excluding hydrogens is 774 g/mol. The molecule has 3 saturated heterocycles. The van der Waals surface area contributed by atoms with Gasteiger partial charge >= 0.3 is 6.09 Å². The SMILES string of the molecule is COc1cc(OCC(=O)N(C)CCCc2ccc(-c3ccccc3)c(NC(=O)OC34CCN(CC3)CC4)c2)c(Cl)cc1CNC[C@H](O)c1ccc(O)c2[nH]c(=O)ccc12. The number of fused-ring (bicyclic) bond motifs is 4. The van der Waals surface area contributed by atoms with Crippen LogP contribution >= 0.6 is 11.6 Å². The highest BCUT2D eigenvalue weighted by atomic mass is 35.5. The van der Waals surface area contributed by atoms with Gasteiger partial charge in [-0.15, -0.1) is 0 Å². The van der Waals surface area contributed by atoms with Gasteiger partial charge in [0.25, 0.3) is 5.91 Å². The van der Waals surface area contributed by atoms with Gasteiger partial charge in [-0.05, 0) is 53.8 Å². The Kier molecular flexibility index (Phi) is 13.1. The first-order valence-electron chi connectivity index (χ1n) is 19.9. The molecule has 5 N–H and O–H groups in total. The van der Waals surface area contributed by atoms with Crippen molar-refractivity contribution in [3.05, 3.63) is 117 Å². The fourth-order valence-electron chi connectivity index (χ4n) is 7.91. The number of amides is 2. The van der Waals surface area contributed by atoms with Crippen LogP contribution in [-0.2, 0) is 22.5 Å². The number of hydrogen-bond donors (Lipinski definition) is 5. The molecule has 0 unspecified atom stereocenters. The van der Waals surface area contributed by atoms with E-state index in [1.165, 1.54) is 19.2 Å². The van der Waals surface area contributed by atoms with Crippen LogP contribution in [0.2, 0.25) is 5.02 Å². The van der Waals surface area contributed by atoms with Crippen LogP contribution in [0.1, 0.15) is 48.5 Å². The Bertz CT molecular complexity index is 2330. The molecule has 59 heavy (non-hydrogen) atoms. The summed E-state index contributed by atoms with van der Waals surface area (Å²) < 4.78 is 17.6. The third-order valence-corrected chi connectivity index (χ3v) is 11.7. The normalized spacial score (nSPS) is 17.7. The van der Waals surface area contributed by atoms with Gasteiger partial charge in [-0.25, -0.2) is 4.79 Å². The van der Waals surface area contributed by atoms with Crippen LogP contribution < -0.4 is 25.7 Å². The zero-order valence-corrected chi connectivity index (χ0v) is 34.0. The number of hydrogen-bond acceptors (Lipinski definition) is 10. The van der Waals surface area contributed by atoms with Gasteiger partial charge in [-0.3, -0.25) is 14.9 Å². The van der Waals surface area contributed by atoms with Gasteiger partial charge in [0.2, 0.25) is 5.56 Å². The highest BCUT2D eigenvalue weighted by Crippen LogP contribution is 2.37. The molecule has 0 spiro atoms. The molecule has 4 aromatic carbocycles. The summed E-state index contributed by atoms with van der Waals surface area (Å²) in [5.74, 6) is 0.479. The van der Waals surface area contributed by atoms with Gasteiger partial charge in [-0.2, -0.15) is 0 Å². The number of aromatic amines is 1. The van der Waals surface area contributed by atoms with E-state index in [9.17, 15) is 24.6 Å². The van der Waals surface area contributed by atoms with Crippen molar-refractivity contribution in [1.29, 1.82) is 0 Å². The number of pyridine rings is 1. The van der Waals surface area contributed by atoms with E-state index in [1.54, 1.807) is 36.2 Å². The second-order valence-electron chi connectivity index (χ2n) is 15.3. The number of anilines is 1. The third-order valence-electron chi connectivity index (χ3n) is 11.4. The van der Waals surface area contributed by atoms with E-state index in [-0.39, 0.29) is 35.9 Å². The van der Waals surface area contributed by atoms with Crippen LogP contribution in [0, 0.1) is 0 Å². The Balaban J connectivity index is 0.907. The summed E-state index contributed by atoms with van der Waals surface area (Å²) in [4.78, 5) is 44.8. The Morgan fingerprint density at radius 2 is 1.75 bits per heavy atom. The monoisotopic (exact) mass is 823 g/mol. The van der Waals surface area contributed by atoms with Crippen LogP contribution in [0.15, 0.2) is 89.7 Å². The predicted octanol–water partition coefficient (Wildman–Crippen LogP) is 6.64. The Morgan fingerprint density at radius 3 is 2.49 bits per heavy atom. The first kappa shape index (κ1) is 41.6. The summed E-state index contributed by atoms with van der Waals surface area (Å²) in [7, 11) is 3.25. The first-order chi connectivity index (χ1) is 28.5. The number of aromatic hydroxyl groups is 1. The maximum Gasteiger partial charge on any atom is 0.412 e. The maximum absolute atomic E-state index is 13.3. The molecule has 2 amide bonds. The minimum atomic E-state index is -0.944. The van der Waals surface area contributed by atoms with Crippen molar-refractivity contribution in [1.82, 2.24) is 20.1 Å². The molecule has 8 rings (SSSR count). The number of aromatic nitrogens is 1. The number of ether oxygens (including phenoxy) is 3. The lowest BCUT2D eigenvalue weighted by atomic mass is 9.83. The number of nitrogens with zero attached hydrogens (tertiary/aromatic N) is 2. The molecule has 0 saturated carbocycles. The summed E-state index contributed by atoms with van der Waals surface area (Å²) in [6.45, 7) is 3.58. The number of carbonyl (C=O) groups is 2. The maximum atomic E-state index is 13.3. The van der Waals surface area contributed by atoms with Crippen molar-refractivity contribution in [3.63, 3.8) is 0 Å². The number of phenols is 1. The molecule has 0 radical (unpaired) electrons. The molecule has 0 aliphatic carbocycles. The second-order valence-corrected chi connectivity index (χ2v) is 15.7. The van der Waals surface area contributed by atoms with E-state index in [2.05, 4.69) is 26.6 Å². The van der Waals surface area contributed by atoms with E-state index in [1.807, 2.05) is 42.5 Å². The fraction of sp³-hybridized carbons (Fsp3) is 0.356. The topological polar surface area (TPSA) is 166 Å². The lowest BCUT2D eigenvalue weighted by molar-refractivity contribution is -0.132. The molecule has 4 heterocycles. The van der Waals surface area contributed by atoms with E-state index in [4.69, 9.17) is 25.8 Å². The Morgan fingerprint density at radius 1 is 0.983 bits per heavy atom. The van der Waals surface area contributed by atoms with Crippen molar-refractivity contribution >= 4 is 40.2 Å². The minimum absolute atomic E-state index is 0.0824. The van der Waals surface area contributed by atoms with Crippen LogP contribution in [0.3, 0.4) is 0 Å². The van der Waals surface area contributed by atoms with E-state index < -0.39 is 17.8 Å². The summed E-state index contributed by atoms with van der Waals surface area (Å²) in [6, 6.07) is 25.3. The molecule has 13 nitrogen and oxygen atoms in total. The lowest BCUT2D eigenvalue weighted by Crippen LogP contribution is -2.54. The first-order valence-corrected chi connectivity index (χ1v) is 20.3. The summed E-state index contributed by atoms with van der Waals surface area (Å²) >= 11 is 6.59. The molecule has 3 fully saturated rings. The van der Waals surface area contributed by atoms with Gasteiger partial charge in [0, 0.05) is 94.2 Å². The second kappa shape index (κ2) is 18.5. The number of nitrogens with one attached hydrogen (secondary N) is 3. The van der Waals surface area contributed by atoms with Crippen molar-refractivity contribution in [2.75, 3.05) is 58.8 Å². The van der Waals surface area contributed by atoms with Gasteiger partial charge in [0.1, 0.15) is 22.8 Å². The largest absolute Gasteiger partial charge is 0.506 e. The number of benzene rings is 4. The minimum Gasteiger partial charge on any atom is -0.506 e. The van der Waals surface area contributed by atoms with Crippen molar-refractivity contribution in [2.24, 2.45) is 0 Å². The molecule has 14 heteroatoms. The Hall–Kier alpha value is -5.60. The summed E-state index contributed by atoms with van der Waals surface area (Å²) in [5, 5.41) is 28.2. The average Bonchev–Trinajstić information content (AvgIpc) is 3.24. The molecule has 2 bridgehead atoms. The van der Waals surface area contributed by atoms with Crippen LogP contribution in [0.5, 0.6) is 17.2 Å². The number of methoxy groups -OCH3 is 1. The predicted molar refractivity (Wildman–Crippen MR) is 227 cm³/mol. The third kappa shape index (κ3) is 9.99. The number of phenolic OH excluding ortho intramolecular Hbond substituents is 1. The van der Waals surface area contributed by atoms with Crippen molar-refractivity contribution < 1.29 is 34.0 Å².